The molecule has 0 saturated heterocycles. The minimum Gasteiger partial charge on any atom is -0.396 e. The summed E-state index contributed by atoms with van der Waals surface area (Å²) in [5.41, 5.74) is 1.02. The Kier molecular flexibility index (Phi) is 17.7. The summed E-state index contributed by atoms with van der Waals surface area (Å²) in [6.07, 6.45) is 13.6. The van der Waals surface area contributed by atoms with Crippen LogP contribution in [0.4, 0.5) is 0 Å². The summed E-state index contributed by atoms with van der Waals surface area (Å²) in [5.74, 6) is 0.834. The molecule has 1 N–H and O–H groups in total. The SMILES string of the molecule is C/C=C/COCCCCC(C)C.CC(C)(CCCO)OC/C=C/c1ccccc1. The first-order valence-corrected chi connectivity index (χ1v) is 11.1. The molecule has 166 valence electrons. The molecule has 0 aliphatic heterocycles. The van der Waals surface area contributed by atoms with Gasteiger partial charge in [-0.25, -0.2) is 0 Å². The van der Waals surface area contributed by atoms with E-state index in [1.807, 2.05) is 43.4 Å². The second kappa shape index (κ2) is 18.6. The molecule has 0 radical (unpaired) electrons. The molecular weight excluding hydrogens is 360 g/mol. The smallest absolute Gasteiger partial charge is 0.0657 e. The normalized spacial score (nSPS) is 12.0. The van der Waals surface area contributed by atoms with E-state index in [-0.39, 0.29) is 12.2 Å². The molecule has 0 heterocycles. The first kappa shape index (κ1) is 27.6. The Labute approximate surface area is 179 Å². The molecule has 0 aliphatic rings. The number of aliphatic hydroxyl groups excluding tert-OH is 1. The number of unbranched alkanes of at least 4 members (excludes halogenated alkanes) is 1. The van der Waals surface area contributed by atoms with Crippen LogP contribution >= 0.6 is 0 Å². The standard InChI is InChI=1S/C15H22O2.C11H22O/c1-15(2,11-7-12-16)17-13-6-10-14-8-4-3-5-9-14;1-4-5-9-12-10-7-6-8-11(2)3/h3-6,8-10,16H,7,11-13H2,1-2H3;4-5,11H,6-10H2,1-3H3/b10-6+;5-4+. The molecule has 0 spiro atoms. The highest BCUT2D eigenvalue weighted by Crippen LogP contribution is 2.16. The van der Waals surface area contributed by atoms with Crippen LogP contribution in [0.3, 0.4) is 0 Å². The van der Waals surface area contributed by atoms with Gasteiger partial charge in [-0.15, -0.1) is 0 Å². The number of rotatable bonds is 14. The number of hydrogen-bond acceptors (Lipinski definition) is 3. The molecule has 1 aromatic rings. The maximum Gasteiger partial charge on any atom is 0.0657 e. The fraction of sp³-hybridized carbons (Fsp3) is 0.615. The molecule has 3 nitrogen and oxygen atoms in total. The van der Waals surface area contributed by atoms with Crippen LogP contribution in [0, 0.1) is 5.92 Å². The van der Waals surface area contributed by atoms with E-state index in [0.29, 0.717) is 6.61 Å². The maximum absolute atomic E-state index is 8.78. The van der Waals surface area contributed by atoms with Gasteiger partial charge in [0.25, 0.3) is 0 Å². The van der Waals surface area contributed by atoms with Gasteiger partial charge in [-0.05, 0) is 51.5 Å². The highest BCUT2D eigenvalue weighted by Gasteiger charge is 2.16. The topological polar surface area (TPSA) is 38.7 Å². The Balaban J connectivity index is 0.000000578. The van der Waals surface area contributed by atoms with Crippen LogP contribution < -0.4 is 0 Å². The number of ether oxygens (including phenoxy) is 2. The highest BCUT2D eigenvalue weighted by molar-refractivity contribution is 5.48. The zero-order chi connectivity index (χ0) is 21.8. The van der Waals surface area contributed by atoms with Crippen molar-refractivity contribution in [3.63, 3.8) is 0 Å². The molecule has 0 atom stereocenters. The Hall–Kier alpha value is -1.42. The average Bonchev–Trinajstić information content (AvgIpc) is 2.70. The maximum atomic E-state index is 8.78. The van der Waals surface area contributed by atoms with Crippen molar-refractivity contribution >= 4 is 6.08 Å². The van der Waals surface area contributed by atoms with Gasteiger partial charge >= 0.3 is 0 Å². The van der Waals surface area contributed by atoms with Gasteiger partial charge in [0.2, 0.25) is 0 Å². The molecule has 0 bridgehead atoms. The van der Waals surface area contributed by atoms with Crippen LogP contribution in [0.25, 0.3) is 6.08 Å². The lowest BCUT2D eigenvalue weighted by molar-refractivity contribution is -0.0112. The Morgan fingerprint density at radius 1 is 1.00 bits per heavy atom. The molecule has 0 unspecified atom stereocenters. The Morgan fingerprint density at radius 2 is 1.72 bits per heavy atom. The number of benzene rings is 1. The van der Waals surface area contributed by atoms with Crippen LogP contribution in [0.1, 0.15) is 72.3 Å². The van der Waals surface area contributed by atoms with E-state index < -0.39 is 0 Å². The first-order valence-electron chi connectivity index (χ1n) is 11.1. The molecule has 29 heavy (non-hydrogen) atoms. The predicted molar refractivity (Wildman–Crippen MR) is 126 cm³/mol. The largest absolute Gasteiger partial charge is 0.396 e. The van der Waals surface area contributed by atoms with Crippen molar-refractivity contribution in [3.05, 3.63) is 54.1 Å². The molecule has 0 aromatic heterocycles. The van der Waals surface area contributed by atoms with E-state index in [4.69, 9.17) is 14.6 Å². The van der Waals surface area contributed by atoms with E-state index >= 15 is 0 Å². The fourth-order valence-electron chi connectivity index (χ4n) is 2.60. The minimum absolute atomic E-state index is 0.163. The van der Waals surface area contributed by atoms with Crippen LogP contribution in [0.15, 0.2) is 48.6 Å². The van der Waals surface area contributed by atoms with Crippen molar-refractivity contribution in [2.24, 2.45) is 5.92 Å². The minimum atomic E-state index is -0.163. The molecular formula is C26H44O3. The van der Waals surface area contributed by atoms with Crippen LogP contribution in [-0.4, -0.2) is 37.1 Å². The molecule has 3 heteroatoms. The van der Waals surface area contributed by atoms with Gasteiger partial charge in [-0.2, -0.15) is 0 Å². The summed E-state index contributed by atoms with van der Waals surface area (Å²) in [5, 5.41) is 8.78. The third-order valence-electron chi connectivity index (χ3n) is 4.39. The lowest BCUT2D eigenvalue weighted by Gasteiger charge is -2.24. The number of allylic oxidation sites excluding steroid dienone is 1. The van der Waals surface area contributed by atoms with Crippen molar-refractivity contribution in [3.8, 4) is 0 Å². The van der Waals surface area contributed by atoms with Gasteiger partial charge in [-0.1, -0.05) is 81.3 Å². The molecule has 0 fully saturated rings. The lowest BCUT2D eigenvalue weighted by Crippen LogP contribution is -2.24. The number of aliphatic hydroxyl groups is 1. The third kappa shape index (κ3) is 19.7. The van der Waals surface area contributed by atoms with Crippen LogP contribution in [0.2, 0.25) is 0 Å². The summed E-state index contributed by atoms with van der Waals surface area (Å²) in [6, 6.07) is 10.2. The molecule has 1 aromatic carbocycles. The van der Waals surface area contributed by atoms with Gasteiger partial charge in [-0.3, -0.25) is 0 Å². The monoisotopic (exact) mass is 404 g/mol. The molecule has 0 aliphatic carbocycles. The second-order valence-corrected chi connectivity index (χ2v) is 8.24. The van der Waals surface area contributed by atoms with Crippen molar-refractivity contribution < 1.29 is 14.6 Å². The van der Waals surface area contributed by atoms with Gasteiger partial charge in [0.05, 0.1) is 18.8 Å². The summed E-state index contributed by atoms with van der Waals surface area (Å²) >= 11 is 0. The number of hydrogen-bond donors (Lipinski definition) is 1. The first-order chi connectivity index (χ1) is 13.9. The summed E-state index contributed by atoms with van der Waals surface area (Å²) < 4.78 is 11.1. The third-order valence-corrected chi connectivity index (χ3v) is 4.39. The van der Waals surface area contributed by atoms with Gasteiger partial charge in [0, 0.05) is 13.2 Å². The zero-order valence-electron chi connectivity index (χ0n) is 19.4. The van der Waals surface area contributed by atoms with Crippen molar-refractivity contribution in [2.75, 3.05) is 26.4 Å². The van der Waals surface area contributed by atoms with E-state index in [2.05, 4.69) is 45.9 Å². The Morgan fingerprint density at radius 3 is 2.34 bits per heavy atom. The van der Waals surface area contributed by atoms with Crippen molar-refractivity contribution in [2.45, 2.75) is 72.3 Å². The Bertz CT molecular complexity index is 518. The van der Waals surface area contributed by atoms with Crippen molar-refractivity contribution in [1.82, 2.24) is 0 Å². The van der Waals surface area contributed by atoms with Crippen molar-refractivity contribution in [1.29, 1.82) is 0 Å². The molecule has 1 rings (SSSR count). The van der Waals surface area contributed by atoms with E-state index in [0.717, 1.165) is 32.0 Å². The van der Waals surface area contributed by atoms with Crippen LogP contribution in [0.5, 0.6) is 0 Å². The van der Waals surface area contributed by atoms with Gasteiger partial charge in [0.15, 0.2) is 0 Å². The molecule has 0 amide bonds. The van der Waals surface area contributed by atoms with Crippen LogP contribution in [-0.2, 0) is 9.47 Å². The summed E-state index contributed by atoms with van der Waals surface area (Å²) in [4.78, 5) is 0. The highest BCUT2D eigenvalue weighted by atomic mass is 16.5. The van der Waals surface area contributed by atoms with Gasteiger partial charge < -0.3 is 14.6 Å². The predicted octanol–water partition coefficient (Wildman–Crippen LogP) is 6.67. The summed E-state index contributed by atoms with van der Waals surface area (Å²) in [7, 11) is 0. The zero-order valence-corrected chi connectivity index (χ0v) is 19.4. The van der Waals surface area contributed by atoms with E-state index in [1.54, 1.807) is 0 Å². The molecule has 0 saturated carbocycles. The average molecular weight is 405 g/mol. The lowest BCUT2D eigenvalue weighted by atomic mass is 10.0. The van der Waals surface area contributed by atoms with E-state index in [1.165, 1.54) is 24.8 Å². The summed E-state index contributed by atoms with van der Waals surface area (Å²) in [6.45, 7) is 13.2. The van der Waals surface area contributed by atoms with Gasteiger partial charge in [0.1, 0.15) is 0 Å². The van der Waals surface area contributed by atoms with E-state index in [9.17, 15) is 0 Å². The fourth-order valence-corrected chi connectivity index (χ4v) is 2.60. The quantitative estimate of drug-likeness (QED) is 0.278. The second-order valence-electron chi connectivity index (χ2n) is 8.24.